The minimum absolute atomic E-state index is 0.253. The number of aromatic nitrogens is 3. The number of hydrogen-bond acceptors (Lipinski definition) is 5. The lowest BCUT2D eigenvalue weighted by atomic mass is 9.90. The molecule has 5 nitrogen and oxygen atoms in total. The van der Waals surface area contributed by atoms with E-state index in [1.165, 1.54) is 34.6 Å². The zero-order valence-electron chi connectivity index (χ0n) is 21.6. The maximum Gasteiger partial charge on any atom is 0.137 e. The lowest BCUT2D eigenvalue weighted by Crippen LogP contribution is -2.32. The van der Waals surface area contributed by atoms with E-state index in [4.69, 9.17) is 15.7 Å². The summed E-state index contributed by atoms with van der Waals surface area (Å²) in [5.74, 6) is 0.268. The van der Waals surface area contributed by atoms with Crippen LogP contribution in [0.25, 0.3) is 16.9 Å². The molecule has 0 saturated carbocycles. The summed E-state index contributed by atoms with van der Waals surface area (Å²) in [5, 5.41) is 2.83. The average molecular weight is 526 g/mol. The molecule has 7 heteroatoms. The SMILES string of the molecule is CCc1nc2ccc(C3CCN(Cc4ccccc4)CC3)cn2c1C(N)c1nc(-c2ccc(F)cc2)cs1. The molecule has 6 rings (SSSR count). The number of halogens is 1. The van der Waals surface area contributed by atoms with Gasteiger partial charge in [0.15, 0.2) is 0 Å². The van der Waals surface area contributed by atoms with Gasteiger partial charge in [0, 0.05) is 23.7 Å². The van der Waals surface area contributed by atoms with Crippen LogP contribution in [0.15, 0.2) is 78.3 Å². The predicted molar refractivity (Wildman–Crippen MR) is 152 cm³/mol. The van der Waals surface area contributed by atoms with Gasteiger partial charge >= 0.3 is 0 Å². The molecule has 2 aromatic carbocycles. The zero-order chi connectivity index (χ0) is 26.1. The normalized spacial score (nSPS) is 15.8. The van der Waals surface area contributed by atoms with E-state index in [9.17, 15) is 4.39 Å². The summed E-state index contributed by atoms with van der Waals surface area (Å²) in [7, 11) is 0. The highest BCUT2D eigenvalue weighted by molar-refractivity contribution is 7.10. The third-order valence-corrected chi connectivity index (χ3v) is 8.55. The molecule has 3 aromatic heterocycles. The van der Waals surface area contributed by atoms with Crippen molar-refractivity contribution < 1.29 is 4.39 Å². The van der Waals surface area contributed by atoms with E-state index >= 15 is 0 Å². The van der Waals surface area contributed by atoms with Crippen LogP contribution in [-0.4, -0.2) is 32.4 Å². The molecule has 1 saturated heterocycles. The number of piperidine rings is 1. The van der Waals surface area contributed by atoms with Crippen LogP contribution in [0.2, 0.25) is 0 Å². The lowest BCUT2D eigenvalue weighted by molar-refractivity contribution is 0.204. The van der Waals surface area contributed by atoms with E-state index in [2.05, 4.69) is 64.9 Å². The molecular formula is C31H32FN5S. The highest BCUT2D eigenvalue weighted by Crippen LogP contribution is 2.33. The summed E-state index contributed by atoms with van der Waals surface area (Å²) in [6, 6.07) is 21.1. The van der Waals surface area contributed by atoms with Crippen LogP contribution in [0.3, 0.4) is 0 Å². The Hall–Kier alpha value is -3.39. The monoisotopic (exact) mass is 525 g/mol. The van der Waals surface area contributed by atoms with Gasteiger partial charge in [-0.2, -0.15) is 0 Å². The molecule has 1 aliphatic heterocycles. The molecule has 0 spiro atoms. The summed E-state index contributed by atoms with van der Waals surface area (Å²) < 4.78 is 15.6. The summed E-state index contributed by atoms with van der Waals surface area (Å²) in [4.78, 5) is 12.3. The van der Waals surface area contributed by atoms with Crippen molar-refractivity contribution in [3.05, 3.63) is 112 Å². The fraction of sp³-hybridized carbons (Fsp3) is 0.290. The van der Waals surface area contributed by atoms with E-state index < -0.39 is 0 Å². The molecule has 1 atom stereocenters. The van der Waals surface area contributed by atoms with Gasteiger partial charge in [-0.3, -0.25) is 4.90 Å². The highest BCUT2D eigenvalue weighted by atomic mass is 32.1. The quantitative estimate of drug-likeness (QED) is 0.261. The largest absolute Gasteiger partial charge is 0.317 e. The minimum atomic E-state index is -0.387. The number of thiazole rings is 1. The fourth-order valence-corrected chi connectivity index (χ4v) is 6.36. The van der Waals surface area contributed by atoms with Crippen molar-refractivity contribution in [3.8, 4) is 11.3 Å². The number of hydrogen-bond donors (Lipinski definition) is 1. The Morgan fingerprint density at radius 1 is 1.00 bits per heavy atom. The van der Waals surface area contributed by atoms with E-state index in [0.29, 0.717) is 5.92 Å². The molecule has 1 aliphatic rings. The fourth-order valence-electron chi connectivity index (χ4n) is 5.53. The van der Waals surface area contributed by atoms with Crippen molar-refractivity contribution in [2.24, 2.45) is 5.73 Å². The second-order valence-corrected chi connectivity index (χ2v) is 11.0. The molecule has 194 valence electrons. The second-order valence-electron chi connectivity index (χ2n) is 10.1. The Morgan fingerprint density at radius 3 is 2.50 bits per heavy atom. The third-order valence-electron chi connectivity index (χ3n) is 7.62. The number of benzene rings is 2. The van der Waals surface area contributed by atoms with E-state index in [1.807, 2.05) is 5.38 Å². The number of pyridine rings is 1. The summed E-state index contributed by atoms with van der Waals surface area (Å²) in [6.07, 6.45) is 5.34. The van der Waals surface area contributed by atoms with Crippen LogP contribution < -0.4 is 5.73 Å². The molecule has 1 unspecified atom stereocenters. The Kier molecular flexibility index (Phi) is 7.06. The van der Waals surface area contributed by atoms with Gasteiger partial charge < -0.3 is 10.1 Å². The molecule has 38 heavy (non-hydrogen) atoms. The van der Waals surface area contributed by atoms with Gasteiger partial charge in [0.05, 0.1) is 23.1 Å². The molecule has 0 amide bonds. The first-order valence-electron chi connectivity index (χ1n) is 13.3. The number of nitrogens with zero attached hydrogens (tertiary/aromatic N) is 4. The van der Waals surface area contributed by atoms with Crippen molar-refractivity contribution in [1.29, 1.82) is 0 Å². The third kappa shape index (κ3) is 5.01. The van der Waals surface area contributed by atoms with Gasteiger partial charge in [0.25, 0.3) is 0 Å². The van der Waals surface area contributed by atoms with E-state index in [-0.39, 0.29) is 11.9 Å². The first kappa shape index (κ1) is 24.9. The Labute approximate surface area is 226 Å². The molecule has 2 N–H and O–H groups in total. The van der Waals surface area contributed by atoms with Crippen molar-refractivity contribution in [2.45, 2.75) is 44.7 Å². The van der Waals surface area contributed by atoms with Gasteiger partial charge in [0.2, 0.25) is 0 Å². The molecule has 4 heterocycles. The molecule has 0 bridgehead atoms. The van der Waals surface area contributed by atoms with Crippen molar-refractivity contribution in [3.63, 3.8) is 0 Å². The van der Waals surface area contributed by atoms with E-state index in [0.717, 1.165) is 72.2 Å². The van der Waals surface area contributed by atoms with E-state index in [1.54, 1.807) is 12.1 Å². The Balaban J connectivity index is 1.24. The van der Waals surface area contributed by atoms with Crippen LogP contribution in [-0.2, 0) is 13.0 Å². The molecule has 0 radical (unpaired) electrons. The van der Waals surface area contributed by atoms with Crippen LogP contribution in [0.1, 0.15) is 59.2 Å². The standard InChI is InChI=1S/C31H32FN5S/c1-2-26-30(29(33)31-35-27(20-38-31)23-8-11-25(32)12-9-23)37-19-24(10-13-28(37)34-26)22-14-16-36(17-15-22)18-21-6-4-3-5-7-21/h3-13,19-20,22,29H,2,14-18,33H2,1H3. The van der Waals surface area contributed by atoms with Crippen LogP contribution in [0.4, 0.5) is 4.39 Å². The molecule has 0 aliphatic carbocycles. The van der Waals surface area contributed by atoms with Gasteiger partial charge in [0.1, 0.15) is 16.5 Å². The molecule has 1 fully saturated rings. The van der Waals surface area contributed by atoms with Crippen molar-refractivity contribution in [2.75, 3.05) is 13.1 Å². The summed E-state index contributed by atoms with van der Waals surface area (Å²) in [6.45, 7) is 5.33. The first-order valence-corrected chi connectivity index (χ1v) is 14.2. The van der Waals surface area contributed by atoms with Gasteiger partial charge in [-0.1, -0.05) is 43.3 Å². The number of likely N-dealkylation sites (tertiary alicyclic amines) is 1. The minimum Gasteiger partial charge on any atom is -0.317 e. The molecular weight excluding hydrogens is 493 g/mol. The summed E-state index contributed by atoms with van der Waals surface area (Å²) >= 11 is 1.54. The number of rotatable bonds is 7. The predicted octanol–water partition coefficient (Wildman–Crippen LogP) is 6.59. The smallest absolute Gasteiger partial charge is 0.137 e. The Bertz CT molecular complexity index is 1520. The maximum atomic E-state index is 13.4. The number of aryl methyl sites for hydroxylation is 1. The molecule has 5 aromatic rings. The van der Waals surface area contributed by atoms with Gasteiger partial charge in [-0.15, -0.1) is 11.3 Å². The van der Waals surface area contributed by atoms with Gasteiger partial charge in [-0.25, -0.2) is 14.4 Å². The Morgan fingerprint density at radius 2 is 1.76 bits per heavy atom. The van der Waals surface area contributed by atoms with Crippen LogP contribution in [0.5, 0.6) is 0 Å². The number of nitrogens with two attached hydrogens (primary N) is 1. The first-order chi connectivity index (χ1) is 18.6. The van der Waals surface area contributed by atoms with Crippen molar-refractivity contribution >= 4 is 17.0 Å². The maximum absolute atomic E-state index is 13.4. The second kappa shape index (κ2) is 10.8. The number of fused-ring (bicyclic) bond motifs is 1. The lowest BCUT2D eigenvalue weighted by Gasteiger charge is -2.32. The van der Waals surface area contributed by atoms with Crippen molar-refractivity contribution in [1.82, 2.24) is 19.3 Å². The van der Waals surface area contributed by atoms with Crippen LogP contribution in [0, 0.1) is 5.82 Å². The number of imidazole rings is 1. The summed E-state index contributed by atoms with van der Waals surface area (Å²) in [5.41, 5.74) is 14.2. The zero-order valence-corrected chi connectivity index (χ0v) is 22.4. The average Bonchev–Trinajstić information content (AvgIpc) is 3.59. The topological polar surface area (TPSA) is 59.5 Å². The highest BCUT2D eigenvalue weighted by Gasteiger charge is 2.25. The van der Waals surface area contributed by atoms with Gasteiger partial charge in [-0.05, 0) is 79.7 Å². The van der Waals surface area contributed by atoms with Crippen LogP contribution >= 0.6 is 11.3 Å².